The van der Waals surface area contributed by atoms with E-state index in [1.54, 1.807) is 14.2 Å². The van der Waals surface area contributed by atoms with Gasteiger partial charge in [0.25, 0.3) is 0 Å². The summed E-state index contributed by atoms with van der Waals surface area (Å²) in [6.07, 6.45) is 1.12. The Hall–Kier alpha value is -0.930. The minimum absolute atomic E-state index is 0.485. The molecule has 1 aliphatic heterocycles. The fraction of sp³-hybridized carbons (Fsp3) is 0.500. The van der Waals surface area contributed by atoms with Crippen molar-refractivity contribution in [1.29, 1.82) is 0 Å². The maximum absolute atomic E-state index is 6.14. The van der Waals surface area contributed by atoms with Crippen LogP contribution in [-0.4, -0.2) is 27.3 Å². The molecule has 0 aliphatic carbocycles. The molecule has 0 bridgehead atoms. The standard InChI is InChI=1S/C12H16ClNO2/c1-15-11-6-12(16-2)10(13)5-9(11)8-3-4-14-7-8/h5-6,8,14H,3-4,7H2,1-2H3. The molecule has 1 unspecified atom stereocenters. The van der Waals surface area contributed by atoms with Crippen molar-refractivity contribution in [3.8, 4) is 11.5 Å². The van der Waals surface area contributed by atoms with Crippen LogP contribution >= 0.6 is 11.6 Å². The van der Waals surface area contributed by atoms with E-state index in [1.165, 1.54) is 5.56 Å². The van der Waals surface area contributed by atoms with E-state index in [2.05, 4.69) is 5.32 Å². The van der Waals surface area contributed by atoms with Gasteiger partial charge in [-0.25, -0.2) is 0 Å². The van der Waals surface area contributed by atoms with Crippen molar-refractivity contribution in [3.63, 3.8) is 0 Å². The van der Waals surface area contributed by atoms with E-state index in [9.17, 15) is 0 Å². The van der Waals surface area contributed by atoms with Crippen molar-refractivity contribution >= 4 is 11.6 Å². The number of methoxy groups -OCH3 is 2. The summed E-state index contributed by atoms with van der Waals surface area (Å²) in [6.45, 7) is 2.04. The molecule has 1 aromatic rings. The molecule has 16 heavy (non-hydrogen) atoms. The molecular formula is C12H16ClNO2. The summed E-state index contributed by atoms with van der Waals surface area (Å²) in [5, 5.41) is 3.98. The zero-order chi connectivity index (χ0) is 11.5. The first-order valence-corrected chi connectivity index (χ1v) is 5.76. The quantitative estimate of drug-likeness (QED) is 0.882. The van der Waals surface area contributed by atoms with Gasteiger partial charge in [-0.05, 0) is 19.0 Å². The Bertz CT molecular complexity index is 376. The van der Waals surface area contributed by atoms with Gasteiger partial charge < -0.3 is 14.8 Å². The molecule has 1 aromatic carbocycles. The molecule has 0 aromatic heterocycles. The Labute approximate surface area is 101 Å². The van der Waals surface area contributed by atoms with E-state index < -0.39 is 0 Å². The number of rotatable bonds is 3. The maximum Gasteiger partial charge on any atom is 0.141 e. The van der Waals surface area contributed by atoms with Crippen molar-refractivity contribution in [2.45, 2.75) is 12.3 Å². The normalized spacial score (nSPS) is 19.8. The summed E-state index contributed by atoms with van der Waals surface area (Å²) in [4.78, 5) is 0. The molecule has 1 N–H and O–H groups in total. The molecule has 3 nitrogen and oxygen atoms in total. The van der Waals surface area contributed by atoms with Crippen LogP contribution in [-0.2, 0) is 0 Å². The lowest BCUT2D eigenvalue weighted by atomic mass is 9.97. The Morgan fingerprint density at radius 2 is 2.00 bits per heavy atom. The van der Waals surface area contributed by atoms with Crippen LogP contribution in [0.5, 0.6) is 11.5 Å². The van der Waals surface area contributed by atoms with E-state index >= 15 is 0 Å². The third kappa shape index (κ3) is 2.11. The average Bonchev–Trinajstić information content (AvgIpc) is 2.82. The second-order valence-electron chi connectivity index (χ2n) is 3.92. The number of hydrogen-bond acceptors (Lipinski definition) is 3. The van der Waals surface area contributed by atoms with Crippen LogP contribution in [0.25, 0.3) is 0 Å². The maximum atomic E-state index is 6.14. The van der Waals surface area contributed by atoms with Crippen molar-refractivity contribution in [2.24, 2.45) is 0 Å². The molecule has 0 saturated carbocycles. The van der Waals surface area contributed by atoms with Gasteiger partial charge in [0.1, 0.15) is 11.5 Å². The molecule has 1 atom stereocenters. The summed E-state index contributed by atoms with van der Waals surface area (Å²) >= 11 is 6.14. The summed E-state index contributed by atoms with van der Waals surface area (Å²) in [6, 6.07) is 3.81. The Morgan fingerprint density at radius 3 is 2.56 bits per heavy atom. The van der Waals surface area contributed by atoms with Gasteiger partial charge in [-0.2, -0.15) is 0 Å². The summed E-state index contributed by atoms with van der Waals surface area (Å²) in [7, 11) is 3.28. The second-order valence-corrected chi connectivity index (χ2v) is 4.33. The smallest absolute Gasteiger partial charge is 0.141 e. The van der Waals surface area contributed by atoms with Gasteiger partial charge in [-0.3, -0.25) is 0 Å². The lowest BCUT2D eigenvalue weighted by Gasteiger charge is -2.16. The topological polar surface area (TPSA) is 30.5 Å². The minimum Gasteiger partial charge on any atom is -0.496 e. The first-order valence-electron chi connectivity index (χ1n) is 5.38. The van der Waals surface area contributed by atoms with Gasteiger partial charge in [-0.1, -0.05) is 11.6 Å². The zero-order valence-corrected chi connectivity index (χ0v) is 10.3. The molecular weight excluding hydrogens is 226 g/mol. The van der Waals surface area contributed by atoms with Crippen LogP contribution in [0.1, 0.15) is 17.9 Å². The zero-order valence-electron chi connectivity index (χ0n) is 9.55. The molecule has 88 valence electrons. The lowest BCUT2D eigenvalue weighted by molar-refractivity contribution is 0.389. The van der Waals surface area contributed by atoms with Crippen molar-refractivity contribution in [1.82, 2.24) is 5.32 Å². The molecule has 0 spiro atoms. The number of nitrogens with one attached hydrogen (secondary N) is 1. The average molecular weight is 242 g/mol. The van der Waals surface area contributed by atoms with Gasteiger partial charge >= 0.3 is 0 Å². The highest BCUT2D eigenvalue weighted by atomic mass is 35.5. The highest BCUT2D eigenvalue weighted by Crippen LogP contribution is 2.38. The van der Waals surface area contributed by atoms with Crippen LogP contribution in [0.2, 0.25) is 5.02 Å². The third-order valence-electron chi connectivity index (χ3n) is 3.00. The predicted octanol–water partition coefficient (Wildman–Crippen LogP) is 2.43. The number of ether oxygens (including phenoxy) is 2. The molecule has 1 saturated heterocycles. The molecule has 1 fully saturated rings. The van der Waals surface area contributed by atoms with E-state index in [1.807, 2.05) is 12.1 Å². The van der Waals surface area contributed by atoms with E-state index in [4.69, 9.17) is 21.1 Å². The SMILES string of the molecule is COc1cc(OC)c(C2CCNC2)cc1Cl. The largest absolute Gasteiger partial charge is 0.496 e. The number of benzene rings is 1. The number of halogens is 1. The van der Waals surface area contributed by atoms with Crippen LogP contribution in [0, 0.1) is 0 Å². The van der Waals surface area contributed by atoms with E-state index in [0.29, 0.717) is 16.7 Å². The van der Waals surface area contributed by atoms with E-state index in [0.717, 1.165) is 25.3 Å². The molecule has 0 amide bonds. The second kappa shape index (κ2) is 4.93. The lowest BCUT2D eigenvalue weighted by Crippen LogP contribution is -2.08. The van der Waals surface area contributed by atoms with Crippen molar-refractivity contribution < 1.29 is 9.47 Å². The van der Waals surface area contributed by atoms with Gasteiger partial charge in [0.15, 0.2) is 0 Å². The summed E-state index contributed by atoms with van der Waals surface area (Å²) in [5.74, 6) is 2.00. The first-order chi connectivity index (χ1) is 7.76. The molecule has 1 aliphatic rings. The van der Waals surface area contributed by atoms with Crippen molar-refractivity contribution in [2.75, 3.05) is 27.3 Å². The van der Waals surface area contributed by atoms with Gasteiger partial charge in [0.2, 0.25) is 0 Å². The highest BCUT2D eigenvalue weighted by Gasteiger charge is 2.21. The first kappa shape index (κ1) is 11.6. The van der Waals surface area contributed by atoms with Crippen LogP contribution in [0.15, 0.2) is 12.1 Å². The minimum atomic E-state index is 0.485. The Balaban J connectivity index is 2.39. The van der Waals surface area contributed by atoms with Crippen molar-refractivity contribution in [3.05, 3.63) is 22.7 Å². The fourth-order valence-corrected chi connectivity index (χ4v) is 2.37. The van der Waals surface area contributed by atoms with Crippen LogP contribution in [0.3, 0.4) is 0 Å². The molecule has 2 rings (SSSR count). The third-order valence-corrected chi connectivity index (χ3v) is 3.30. The molecule has 4 heteroatoms. The van der Waals surface area contributed by atoms with Crippen LogP contribution < -0.4 is 14.8 Å². The fourth-order valence-electron chi connectivity index (χ4n) is 2.12. The van der Waals surface area contributed by atoms with Crippen LogP contribution in [0.4, 0.5) is 0 Å². The Morgan fingerprint density at radius 1 is 1.25 bits per heavy atom. The van der Waals surface area contributed by atoms with Gasteiger partial charge in [-0.15, -0.1) is 0 Å². The summed E-state index contributed by atoms with van der Waals surface area (Å²) < 4.78 is 10.6. The highest BCUT2D eigenvalue weighted by molar-refractivity contribution is 6.32. The van der Waals surface area contributed by atoms with Gasteiger partial charge in [0.05, 0.1) is 19.2 Å². The number of hydrogen-bond donors (Lipinski definition) is 1. The monoisotopic (exact) mass is 241 g/mol. The predicted molar refractivity (Wildman–Crippen MR) is 64.8 cm³/mol. The molecule has 0 radical (unpaired) electrons. The summed E-state index contributed by atoms with van der Waals surface area (Å²) in [5.41, 5.74) is 1.17. The van der Waals surface area contributed by atoms with Gasteiger partial charge in [0, 0.05) is 24.1 Å². The van der Waals surface area contributed by atoms with E-state index in [-0.39, 0.29) is 0 Å². The molecule has 1 heterocycles. The Kier molecular flexibility index (Phi) is 3.56.